The lowest BCUT2D eigenvalue weighted by molar-refractivity contribution is 0.306. The van der Waals surface area contributed by atoms with Gasteiger partial charge in [0, 0.05) is 5.33 Å². The molecule has 2 aromatic rings. The molecule has 0 saturated heterocycles. The van der Waals surface area contributed by atoms with Gasteiger partial charge in [0.2, 0.25) is 0 Å². The van der Waals surface area contributed by atoms with Crippen molar-refractivity contribution in [1.29, 1.82) is 0 Å². The third kappa shape index (κ3) is 3.64. The van der Waals surface area contributed by atoms with Crippen LogP contribution in [0.15, 0.2) is 42.5 Å². The molecule has 0 bridgehead atoms. The van der Waals surface area contributed by atoms with Crippen molar-refractivity contribution in [3.05, 3.63) is 63.6 Å². The second-order valence-corrected chi connectivity index (χ2v) is 5.19. The third-order valence-corrected chi connectivity index (χ3v) is 3.83. The number of benzene rings is 2. The summed E-state index contributed by atoms with van der Waals surface area (Å²) in [6, 6.07) is 13.5. The maximum absolute atomic E-state index is 5.95. The van der Waals surface area contributed by atoms with Crippen LogP contribution < -0.4 is 4.74 Å². The lowest BCUT2D eigenvalue weighted by Gasteiger charge is -2.08. The molecule has 2 aromatic carbocycles. The molecule has 0 spiro atoms. The van der Waals surface area contributed by atoms with E-state index >= 15 is 0 Å². The van der Waals surface area contributed by atoms with Gasteiger partial charge < -0.3 is 4.74 Å². The van der Waals surface area contributed by atoms with Crippen LogP contribution in [0.3, 0.4) is 0 Å². The van der Waals surface area contributed by atoms with Crippen LogP contribution in [0.25, 0.3) is 0 Å². The summed E-state index contributed by atoms with van der Waals surface area (Å²) in [5, 5.41) is 1.92. The van der Waals surface area contributed by atoms with E-state index in [1.165, 1.54) is 5.56 Å². The van der Waals surface area contributed by atoms with Gasteiger partial charge in [0.05, 0.1) is 10.0 Å². The van der Waals surface area contributed by atoms with Crippen molar-refractivity contribution in [1.82, 2.24) is 0 Å². The molecule has 0 unspecified atom stereocenters. The molecular formula is C14H11BrCl2O. The van der Waals surface area contributed by atoms with Crippen molar-refractivity contribution >= 4 is 39.1 Å². The maximum atomic E-state index is 5.95. The zero-order valence-corrected chi connectivity index (χ0v) is 12.6. The molecular weight excluding hydrogens is 335 g/mol. The van der Waals surface area contributed by atoms with E-state index in [1.807, 2.05) is 36.4 Å². The molecule has 2 rings (SSSR count). The fraction of sp³-hybridized carbons (Fsp3) is 0.143. The van der Waals surface area contributed by atoms with E-state index in [4.69, 9.17) is 27.9 Å². The first-order valence-corrected chi connectivity index (χ1v) is 7.28. The monoisotopic (exact) mass is 344 g/mol. The lowest BCUT2D eigenvalue weighted by Crippen LogP contribution is -1.95. The van der Waals surface area contributed by atoms with E-state index in [9.17, 15) is 0 Å². The molecule has 18 heavy (non-hydrogen) atoms. The van der Waals surface area contributed by atoms with E-state index in [1.54, 1.807) is 6.07 Å². The Balaban J connectivity index is 2.04. The molecule has 0 amide bonds. The molecule has 0 radical (unpaired) electrons. The van der Waals surface area contributed by atoms with E-state index < -0.39 is 0 Å². The van der Waals surface area contributed by atoms with Gasteiger partial charge in [0.15, 0.2) is 0 Å². The van der Waals surface area contributed by atoms with Crippen LogP contribution in [0.5, 0.6) is 5.75 Å². The Kier molecular flexibility index (Phi) is 4.93. The molecule has 0 aliphatic carbocycles. The van der Waals surface area contributed by atoms with E-state index in [2.05, 4.69) is 15.9 Å². The van der Waals surface area contributed by atoms with Gasteiger partial charge in [-0.2, -0.15) is 0 Å². The maximum Gasteiger partial charge on any atom is 0.120 e. The van der Waals surface area contributed by atoms with Crippen LogP contribution in [0.1, 0.15) is 11.1 Å². The Bertz CT molecular complexity index is 543. The quantitative estimate of drug-likeness (QED) is 0.668. The second kappa shape index (κ2) is 6.46. The van der Waals surface area contributed by atoms with Gasteiger partial charge in [-0.15, -0.1) is 0 Å². The summed E-state index contributed by atoms with van der Waals surface area (Å²) in [6.07, 6.45) is 0. The summed E-state index contributed by atoms with van der Waals surface area (Å²) >= 11 is 15.2. The highest BCUT2D eigenvalue weighted by Crippen LogP contribution is 2.23. The van der Waals surface area contributed by atoms with Gasteiger partial charge in [-0.3, -0.25) is 0 Å². The zero-order chi connectivity index (χ0) is 13.0. The van der Waals surface area contributed by atoms with Crippen molar-refractivity contribution in [3.8, 4) is 5.75 Å². The summed E-state index contributed by atoms with van der Waals surface area (Å²) in [6.45, 7) is 0.475. The van der Waals surface area contributed by atoms with Gasteiger partial charge in [-0.1, -0.05) is 57.3 Å². The molecule has 0 fully saturated rings. The van der Waals surface area contributed by atoms with Crippen molar-refractivity contribution in [2.45, 2.75) is 11.9 Å². The van der Waals surface area contributed by atoms with Gasteiger partial charge in [0.25, 0.3) is 0 Å². The largest absolute Gasteiger partial charge is 0.489 e. The fourth-order valence-electron chi connectivity index (χ4n) is 1.51. The van der Waals surface area contributed by atoms with Crippen LogP contribution in [0, 0.1) is 0 Å². The molecule has 1 nitrogen and oxygen atoms in total. The first-order chi connectivity index (χ1) is 8.69. The Hall–Kier alpha value is -0.700. The first kappa shape index (κ1) is 13.7. The normalized spacial score (nSPS) is 10.4. The van der Waals surface area contributed by atoms with Crippen LogP contribution in [-0.4, -0.2) is 0 Å². The van der Waals surface area contributed by atoms with Crippen molar-refractivity contribution in [2.24, 2.45) is 0 Å². The van der Waals surface area contributed by atoms with Gasteiger partial charge in [0.1, 0.15) is 12.4 Å². The fourth-order valence-corrected chi connectivity index (χ4v) is 2.18. The average molecular weight is 346 g/mol. The Morgan fingerprint density at radius 2 is 1.78 bits per heavy atom. The number of rotatable bonds is 4. The van der Waals surface area contributed by atoms with E-state index in [0.717, 1.165) is 16.6 Å². The zero-order valence-electron chi connectivity index (χ0n) is 9.50. The molecule has 0 saturated carbocycles. The average Bonchev–Trinajstić information content (AvgIpc) is 2.40. The summed E-state index contributed by atoms with van der Waals surface area (Å²) < 4.78 is 5.71. The van der Waals surface area contributed by atoms with Crippen LogP contribution in [0.4, 0.5) is 0 Å². The van der Waals surface area contributed by atoms with E-state index in [-0.39, 0.29) is 0 Å². The summed E-state index contributed by atoms with van der Waals surface area (Å²) in [5.74, 6) is 0.845. The predicted molar refractivity (Wildman–Crippen MR) is 79.9 cm³/mol. The van der Waals surface area contributed by atoms with Gasteiger partial charge in [-0.05, 0) is 35.4 Å². The van der Waals surface area contributed by atoms with Crippen LogP contribution in [-0.2, 0) is 11.9 Å². The highest BCUT2D eigenvalue weighted by molar-refractivity contribution is 9.08. The Morgan fingerprint density at radius 3 is 2.50 bits per heavy atom. The Morgan fingerprint density at radius 1 is 0.944 bits per heavy atom. The minimum Gasteiger partial charge on any atom is -0.489 e. The molecule has 0 N–H and O–H groups in total. The topological polar surface area (TPSA) is 9.23 Å². The minimum atomic E-state index is 0.475. The standard InChI is InChI=1S/C14H11BrCl2O/c15-8-10-2-1-3-12(6-10)18-9-11-4-5-13(16)14(17)7-11/h1-7H,8-9H2. The number of alkyl halides is 1. The lowest BCUT2D eigenvalue weighted by atomic mass is 10.2. The second-order valence-electron chi connectivity index (χ2n) is 3.82. The van der Waals surface area contributed by atoms with Gasteiger partial charge in [-0.25, -0.2) is 0 Å². The smallest absolute Gasteiger partial charge is 0.120 e. The predicted octanol–water partition coefficient (Wildman–Crippen LogP) is 5.47. The highest BCUT2D eigenvalue weighted by Gasteiger charge is 2.01. The first-order valence-electron chi connectivity index (χ1n) is 5.40. The molecule has 0 atom stereocenters. The van der Waals surface area contributed by atoms with Crippen molar-refractivity contribution in [3.63, 3.8) is 0 Å². The summed E-state index contributed by atoms with van der Waals surface area (Å²) in [7, 11) is 0. The third-order valence-electron chi connectivity index (χ3n) is 2.44. The van der Waals surface area contributed by atoms with Gasteiger partial charge >= 0.3 is 0 Å². The summed E-state index contributed by atoms with van der Waals surface area (Å²) in [5.41, 5.74) is 2.18. The molecule has 0 heterocycles. The van der Waals surface area contributed by atoms with Crippen molar-refractivity contribution < 1.29 is 4.74 Å². The van der Waals surface area contributed by atoms with Crippen molar-refractivity contribution in [2.75, 3.05) is 0 Å². The Labute approximate surface area is 125 Å². The highest BCUT2D eigenvalue weighted by atomic mass is 79.9. The number of ether oxygens (including phenoxy) is 1. The summed E-state index contributed by atoms with van der Waals surface area (Å²) in [4.78, 5) is 0. The molecule has 94 valence electrons. The number of hydrogen-bond donors (Lipinski definition) is 0. The molecule has 0 aromatic heterocycles. The van der Waals surface area contributed by atoms with Crippen LogP contribution in [0.2, 0.25) is 10.0 Å². The number of hydrogen-bond acceptors (Lipinski definition) is 1. The molecule has 0 aliphatic heterocycles. The van der Waals surface area contributed by atoms with E-state index in [0.29, 0.717) is 16.7 Å². The molecule has 4 heteroatoms. The minimum absolute atomic E-state index is 0.475. The SMILES string of the molecule is Clc1ccc(COc2cccc(CBr)c2)cc1Cl. The van der Waals surface area contributed by atoms with Crippen LogP contribution >= 0.6 is 39.1 Å². The molecule has 0 aliphatic rings. The number of halogens is 3.